The molecule has 0 spiro atoms. The van der Waals surface area contributed by atoms with Crippen LogP contribution in [0.3, 0.4) is 0 Å². The molecule has 0 aromatic carbocycles. The Hall–Kier alpha value is -0.780. The summed E-state index contributed by atoms with van der Waals surface area (Å²) >= 11 is 9.53. The van der Waals surface area contributed by atoms with Crippen molar-refractivity contribution in [3.05, 3.63) is 39.0 Å². The molecule has 6 heteroatoms. The van der Waals surface area contributed by atoms with Crippen LogP contribution >= 0.6 is 27.5 Å². The molecule has 18 heavy (non-hydrogen) atoms. The van der Waals surface area contributed by atoms with Gasteiger partial charge in [0.1, 0.15) is 11.9 Å². The maximum absolute atomic E-state index is 10.2. The van der Waals surface area contributed by atoms with Crippen molar-refractivity contribution in [2.45, 2.75) is 32.9 Å². The molecule has 0 radical (unpaired) electrons. The molecular weight excluding hydrogens is 320 g/mol. The third-order valence-electron chi connectivity index (χ3n) is 2.79. The molecule has 2 aromatic heterocycles. The number of aryl methyl sites for hydroxylation is 2. The number of aromatic nitrogens is 2. The van der Waals surface area contributed by atoms with E-state index in [0.717, 1.165) is 22.4 Å². The number of aliphatic hydroxyl groups excluding tert-OH is 1. The molecule has 0 bridgehead atoms. The molecule has 2 aromatic rings. The second-order valence-corrected chi connectivity index (χ2v) is 5.25. The molecule has 0 aliphatic heterocycles. The van der Waals surface area contributed by atoms with Crippen molar-refractivity contribution in [3.8, 4) is 0 Å². The van der Waals surface area contributed by atoms with Crippen LogP contribution in [0.1, 0.15) is 30.2 Å². The molecule has 2 rings (SSSR count). The Morgan fingerprint density at radius 3 is 2.89 bits per heavy atom. The lowest BCUT2D eigenvalue weighted by Crippen LogP contribution is -2.08. The number of rotatable bonds is 4. The van der Waals surface area contributed by atoms with E-state index in [1.807, 2.05) is 13.8 Å². The Bertz CT molecular complexity index is 550. The van der Waals surface area contributed by atoms with Crippen molar-refractivity contribution in [3.63, 3.8) is 0 Å². The molecule has 1 atom stereocenters. The number of nitrogens with zero attached hydrogens (tertiary/aromatic N) is 2. The van der Waals surface area contributed by atoms with Gasteiger partial charge in [-0.3, -0.25) is 4.68 Å². The first-order chi connectivity index (χ1) is 8.54. The molecule has 0 saturated carbocycles. The maximum atomic E-state index is 10.2. The van der Waals surface area contributed by atoms with Gasteiger partial charge in [0.15, 0.2) is 0 Å². The van der Waals surface area contributed by atoms with Crippen molar-refractivity contribution in [2.75, 3.05) is 0 Å². The van der Waals surface area contributed by atoms with E-state index in [1.165, 1.54) is 6.26 Å². The van der Waals surface area contributed by atoms with Crippen molar-refractivity contribution in [1.29, 1.82) is 0 Å². The molecule has 0 fully saturated rings. The first-order valence-electron chi connectivity index (χ1n) is 5.67. The van der Waals surface area contributed by atoms with Crippen LogP contribution in [0.4, 0.5) is 0 Å². The summed E-state index contributed by atoms with van der Waals surface area (Å²) in [6, 6.07) is 1.75. The van der Waals surface area contributed by atoms with Crippen molar-refractivity contribution in [2.24, 2.45) is 0 Å². The van der Waals surface area contributed by atoms with Gasteiger partial charge < -0.3 is 9.52 Å². The van der Waals surface area contributed by atoms with Crippen LogP contribution < -0.4 is 0 Å². The Morgan fingerprint density at radius 1 is 1.61 bits per heavy atom. The third kappa shape index (κ3) is 2.48. The van der Waals surface area contributed by atoms with E-state index < -0.39 is 6.10 Å². The van der Waals surface area contributed by atoms with E-state index >= 15 is 0 Å². The van der Waals surface area contributed by atoms with Gasteiger partial charge in [0.25, 0.3) is 0 Å². The molecule has 0 aliphatic rings. The van der Waals surface area contributed by atoms with Gasteiger partial charge in [-0.05, 0) is 35.8 Å². The molecule has 0 saturated heterocycles. The molecule has 2 heterocycles. The summed E-state index contributed by atoms with van der Waals surface area (Å²) in [7, 11) is 0. The van der Waals surface area contributed by atoms with Crippen molar-refractivity contribution in [1.82, 2.24) is 9.78 Å². The number of aliphatic hydroxyl groups is 1. The standard InChI is InChI=1S/C12H14BrClN2O2/c1-3-16-9(11(14)7(2)15-16)6-10(17)12-8(13)4-5-18-12/h4-5,10,17H,3,6H2,1-2H3. The van der Waals surface area contributed by atoms with Crippen LogP contribution in [0, 0.1) is 6.92 Å². The fourth-order valence-corrected chi connectivity index (χ4v) is 2.56. The second-order valence-electron chi connectivity index (χ2n) is 4.01. The minimum Gasteiger partial charge on any atom is -0.465 e. The number of hydrogen-bond donors (Lipinski definition) is 1. The van der Waals surface area contributed by atoms with Crippen LogP contribution in [0.5, 0.6) is 0 Å². The van der Waals surface area contributed by atoms with E-state index in [0.29, 0.717) is 17.2 Å². The monoisotopic (exact) mass is 332 g/mol. The topological polar surface area (TPSA) is 51.2 Å². The smallest absolute Gasteiger partial charge is 0.146 e. The van der Waals surface area contributed by atoms with Crippen LogP contribution in [0.15, 0.2) is 21.2 Å². The summed E-state index contributed by atoms with van der Waals surface area (Å²) in [6.45, 7) is 4.56. The minimum atomic E-state index is -0.742. The lowest BCUT2D eigenvalue weighted by atomic mass is 10.1. The van der Waals surface area contributed by atoms with Crippen LogP contribution in [0.25, 0.3) is 0 Å². The largest absolute Gasteiger partial charge is 0.465 e. The maximum Gasteiger partial charge on any atom is 0.146 e. The number of halogens is 2. The van der Waals surface area contributed by atoms with E-state index in [9.17, 15) is 5.11 Å². The summed E-state index contributed by atoms with van der Waals surface area (Å²) in [5.41, 5.74) is 1.60. The van der Waals surface area contributed by atoms with Gasteiger partial charge in [-0.1, -0.05) is 11.6 Å². The quantitative estimate of drug-likeness (QED) is 0.931. The van der Waals surface area contributed by atoms with Gasteiger partial charge >= 0.3 is 0 Å². The molecule has 4 nitrogen and oxygen atoms in total. The van der Waals surface area contributed by atoms with Crippen LogP contribution in [-0.2, 0) is 13.0 Å². The molecule has 0 amide bonds. The summed E-state index contributed by atoms with van der Waals surface area (Å²) in [5.74, 6) is 0.507. The fourth-order valence-electron chi connectivity index (χ4n) is 1.88. The van der Waals surface area contributed by atoms with E-state index in [2.05, 4.69) is 21.0 Å². The van der Waals surface area contributed by atoms with Gasteiger partial charge in [-0.25, -0.2) is 0 Å². The zero-order valence-electron chi connectivity index (χ0n) is 10.2. The Kier molecular flexibility index (Phi) is 4.14. The van der Waals surface area contributed by atoms with Crippen LogP contribution in [0.2, 0.25) is 5.02 Å². The van der Waals surface area contributed by atoms with Crippen molar-refractivity contribution < 1.29 is 9.52 Å². The molecule has 98 valence electrons. The zero-order valence-corrected chi connectivity index (χ0v) is 12.5. The highest BCUT2D eigenvalue weighted by Gasteiger charge is 2.21. The molecule has 1 unspecified atom stereocenters. The first-order valence-corrected chi connectivity index (χ1v) is 6.84. The normalized spacial score (nSPS) is 12.9. The SMILES string of the molecule is CCn1nc(C)c(Cl)c1CC(O)c1occc1Br. The van der Waals surface area contributed by atoms with E-state index in [1.54, 1.807) is 10.7 Å². The number of hydrogen-bond acceptors (Lipinski definition) is 3. The summed E-state index contributed by atoms with van der Waals surface area (Å²) in [6.07, 6.45) is 1.17. The van der Waals surface area contributed by atoms with Crippen LogP contribution in [-0.4, -0.2) is 14.9 Å². The molecule has 0 aliphatic carbocycles. The fraction of sp³-hybridized carbons (Fsp3) is 0.417. The minimum absolute atomic E-state index is 0.375. The van der Waals surface area contributed by atoms with Gasteiger partial charge in [0.05, 0.1) is 27.1 Å². The molecule has 1 N–H and O–H groups in total. The van der Waals surface area contributed by atoms with Gasteiger partial charge in [-0.15, -0.1) is 0 Å². The highest BCUT2D eigenvalue weighted by atomic mass is 79.9. The van der Waals surface area contributed by atoms with E-state index in [-0.39, 0.29) is 0 Å². The highest BCUT2D eigenvalue weighted by molar-refractivity contribution is 9.10. The zero-order chi connectivity index (χ0) is 13.3. The number of furan rings is 1. The van der Waals surface area contributed by atoms with Crippen molar-refractivity contribution >= 4 is 27.5 Å². The van der Waals surface area contributed by atoms with Gasteiger partial charge in [0, 0.05) is 13.0 Å². The lowest BCUT2D eigenvalue weighted by molar-refractivity contribution is 0.146. The lowest BCUT2D eigenvalue weighted by Gasteiger charge is -2.10. The third-order valence-corrected chi connectivity index (χ3v) is 3.93. The Balaban J connectivity index is 2.27. The summed E-state index contributed by atoms with van der Waals surface area (Å²) < 4.78 is 7.81. The predicted molar refractivity (Wildman–Crippen MR) is 72.7 cm³/mol. The summed E-state index contributed by atoms with van der Waals surface area (Å²) in [4.78, 5) is 0. The Morgan fingerprint density at radius 2 is 2.33 bits per heavy atom. The summed E-state index contributed by atoms with van der Waals surface area (Å²) in [5, 5.41) is 15.1. The van der Waals surface area contributed by atoms with E-state index in [4.69, 9.17) is 16.0 Å². The average molecular weight is 334 g/mol. The Labute approximate surface area is 119 Å². The van der Waals surface area contributed by atoms with Gasteiger partial charge in [0.2, 0.25) is 0 Å². The van der Waals surface area contributed by atoms with Gasteiger partial charge in [-0.2, -0.15) is 5.10 Å². The predicted octanol–water partition coefficient (Wildman–Crippen LogP) is 3.50. The first kappa shape index (κ1) is 13.6. The second kappa shape index (κ2) is 5.47. The molecular formula is C12H14BrClN2O2. The highest BCUT2D eigenvalue weighted by Crippen LogP contribution is 2.30. The average Bonchev–Trinajstić information content (AvgIpc) is 2.87.